The first-order valence-electron chi connectivity index (χ1n) is 13.5. The molecule has 2 heterocycles. The van der Waals surface area contributed by atoms with Gasteiger partial charge in [-0.05, 0) is 59.7 Å². The molecule has 1 N–H and O–H groups in total. The minimum Gasteiger partial charge on any atom is -0.497 e. The molecule has 7 nitrogen and oxygen atoms in total. The fraction of sp³-hybridized carbons (Fsp3) is 0.281. The molecule has 1 atom stereocenters. The number of hydrogen-bond donors (Lipinski definition) is 1. The summed E-state index contributed by atoms with van der Waals surface area (Å²) in [7, 11) is 1.58. The van der Waals surface area contributed by atoms with E-state index in [1.807, 2.05) is 39.0 Å². The van der Waals surface area contributed by atoms with Crippen LogP contribution in [0.1, 0.15) is 48.4 Å². The Morgan fingerprint density at radius 1 is 1.05 bits per heavy atom. The predicted octanol–water partition coefficient (Wildman–Crippen LogP) is 5.94. The number of carbonyl (C=O) groups is 2. The van der Waals surface area contributed by atoms with Crippen molar-refractivity contribution < 1.29 is 23.1 Å². The van der Waals surface area contributed by atoms with E-state index in [9.17, 15) is 18.4 Å². The highest BCUT2D eigenvalue weighted by Crippen LogP contribution is 2.48. The Kier molecular flexibility index (Phi) is 8.36. The lowest BCUT2D eigenvalue weighted by Gasteiger charge is -2.24. The van der Waals surface area contributed by atoms with Crippen LogP contribution in [0.25, 0.3) is 5.69 Å². The van der Waals surface area contributed by atoms with Crippen molar-refractivity contribution in [3.05, 3.63) is 107 Å². The summed E-state index contributed by atoms with van der Waals surface area (Å²) < 4.78 is 34.8. The SMILES string of the molecule is COc1ccc(-n2nc(C(C)(C)C)c3c2N(CC(=O)NCc2ccc(F)cc2)C(=O)CSC3c2cccc(F)c2)cc1. The number of carbonyl (C=O) groups excluding carboxylic acids is 2. The quantitative estimate of drug-likeness (QED) is 0.288. The number of nitrogens with one attached hydrogen (secondary N) is 1. The molecule has 0 aliphatic carbocycles. The summed E-state index contributed by atoms with van der Waals surface area (Å²) in [5.41, 5.74) is 3.16. The van der Waals surface area contributed by atoms with Gasteiger partial charge >= 0.3 is 0 Å². The summed E-state index contributed by atoms with van der Waals surface area (Å²) in [6.45, 7) is 6.03. The molecule has 10 heteroatoms. The van der Waals surface area contributed by atoms with Crippen molar-refractivity contribution in [2.45, 2.75) is 38.0 Å². The van der Waals surface area contributed by atoms with Crippen LogP contribution in [0.4, 0.5) is 14.6 Å². The minimum atomic E-state index is -0.447. The van der Waals surface area contributed by atoms with Crippen molar-refractivity contribution in [1.82, 2.24) is 15.1 Å². The molecule has 42 heavy (non-hydrogen) atoms. The first kappa shape index (κ1) is 29.3. The van der Waals surface area contributed by atoms with Gasteiger partial charge in [-0.1, -0.05) is 45.0 Å². The number of methoxy groups -OCH3 is 1. The Hall–Kier alpha value is -4.18. The molecule has 1 aliphatic rings. The number of halogens is 2. The number of ether oxygens (including phenoxy) is 1. The third-order valence-electron chi connectivity index (χ3n) is 6.97. The van der Waals surface area contributed by atoms with Gasteiger partial charge < -0.3 is 10.1 Å². The van der Waals surface area contributed by atoms with Crippen LogP contribution in [0, 0.1) is 11.6 Å². The molecule has 0 radical (unpaired) electrons. The van der Waals surface area contributed by atoms with E-state index >= 15 is 0 Å². The van der Waals surface area contributed by atoms with Crippen molar-refractivity contribution in [2.75, 3.05) is 24.3 Å². The summed E-state index contributed by atoms with van der Waals surface area (Å²) in [6.07, 6.45) is 0. The lowest BCUT2D eigenvalue weighted by Crippen LogP contribution is -2.42. The molecule has 3 aromatic carbocycles. The Bertz CT molecular complexity index is 1600. The van der Waals surface area contributed by atoms with Crippen molar-refractivity contribution in [3.8, 4) is 11.4 Å². The van der Waals surface area contributed by atoms with Crippen LogP contribution < -0.4 is 15.0 Å². The average Bonchev–Trinajstić information content (AvgIpc) is 3.30. The number of thioether (sulfide) groups is 1. The number of fused-ring (bicyclic) bond motifs is 1. The average molecular weight is 591 g/mol. The fourth-order valence-corrected chi connectivity index (χ4v) is 6.10. The van der Waals surface area contributed by atoms with Crippen molar-refractivity contribution in [2.24, 2.45) is 0 Å². The first-order valence-corrected chi connectivity index (χ1v) is 14.6. The van der Waals surface area contributed by atoms with Crippen LogP contribution >= 0.6 is 11.8 Å². The van der Waals surface area contributed by atoms with Gasteiger partial charge in [0.05, 0.1) is 29.5 Å². The molecule has 1 aromatic heterocycles. The number of hydrogen-bond acceptors (Lipinski definition) is 5. The maximum Gasteiger partial charge on any atom is 0.240 e. The van der Waals surface area contributed by atoms with Gasteiger partial charge in [-0.25, -0.2) is 13.5 Å². The Morgan fingerprint density at radius 2 is 1.76 bits per heavy atom. The second kappa shape index (κ2) is 12.0. The molecular formula is C32H32F2N4O3S. The number of amides is 2. The largest absolute Gasteiger partial charge is 0.497 e. The molecule has 4 aromatic rings. The van der Waals surface area contributed by atoms with Gasteiger partial charge in [0, 0.05) is 17.5 Å². The van der Waals surface area contributed by atoms with Crippen molar-refractivity contribution >= 4 is 29.4 Å². The van der Waals surface area contributed by atoms with E-state index in [-0.39, 0.29) is 42.3 Å². The van der Waals surface area contributed by atoms with Crippen LogP contribution in [0.5, 0.6) is 5.75 Å². The van der Waals surface area contributed by atoms with Gasteiger partial charge in [0.15, 0.2) is 0 Å². The van der Waals surface area contributed by atoms with E-state index < -0.39 is 10.7 Å². The topological polar surface area (TPSA) is 76.5 Å². The minimum absolute atomic E-state index is 0.0767. The molecule has 0 fully saturated rings. The second-order valence-electron chi connectivity index (χ2n) is 11.1. The maximum atomic E-state index is 14.5. The first-order chi connectivity index (χ1) is 20.0. The lowest BCUT2D eigenvalue weighted by molar-refractivity contribution is -0.123. The summed E-state index contributed by atoms with van der Waals surface area (Å²) in [5, 5.41) is 7.46. The normalized spacial score (nSPS) is 15.2. The molecule has 0 spiro atoms. The number of aromatic nitrogens is 2. The molecule has 0 bridgehead atoms. The van der Waals surface area contributed by atoms with Crippen LogP contribution in [0.2, 0.25) is 0 Å². The monoisotopic (exact) mass is 590 g/mol. The van der Waals surface area contributed by atoms with Crippen LogP contribution in [0.15, 0.2) is 72.8 Å². The summed E-state index contributed by atoms with van der Waals surface area (Å²) in [4.78, 5) is 28.5. The fourth-order valence-electron chi connectivity index (χ4n) is 4.91. The molecule has 0 saturated heterocycles. The molecule has 1 aliphatic heterocycles. The van der Waals surface area contributed by atoms with E-state index in [1.165, 1.54) is 40.9 Å². The van der Waals surface area contributed by atoms with E-state index in [2.05, 4.69) is 5.32 Å². The van der Waals surface area contributed by atoms with Crippen LogP contribution in [-0.2, 0) is 21.5 Å². The highest BCUT2D eigenvalue weighted by Gasteiger charge is 2.40. The van der Waals surface area contributed by atoms with Crippen LogP contribution in [0.3, 0.4) is 0 Å². The molecule has 5 rings (SSSR count). The van der Waals surface area contributed by atoms with Gasteiger partial charge in [-0.2, -0.15) is 5.10 Å². The zero-order valence-corrected chi connectivity index (χ0v) is 24.7. The number of rotatable bonds is 7. The van der Waals surface area contributed by atoms with E-state index in [0.29, 0.717) is 22.8 Å². The van der Waals surface area contributed by atoms with Gasteiger partial charge in [0.1, 0.15) is 29.7 Å². The number of benzene rings is 3. The number of nitrogens with zero attached hydrogens (tertiary/aromatic N) is 3. The predicted molar refractivity (Wildman–Crippen MR) is 160 cm³/mol. The Morgan fingerprint density at radius 3 is 2.40 bits per heavy atom. The highest BCUT2D eigenvalue weighted by atomic mass is 32.2. The second-order valence-corrected chi connectivity index (χ2v) is 12.2. The van der Waals surface area contributed by atoms with Crippen molar-refractivity contribution in [3.63, 3.8) is 0 Å². The maximum absolute atomic E-state index is 14.5. The zero-order valence-electron chi connectivity index (χ0n) is 23.9. The highest BCUT2D eigenvalue weighted by molar-refractivity contribution is 8.00. The summed E-state index contributed by atoms with van der Waals surface area (Å²) in [5.74, 6) is -0.185. The van der Waals surface area contributed by atoms with E-state index in [4.69, 9.17) is 9.84 Å². The summed E-state index contributed by atoms with van der Waals surface area (Å²) in [6, 6.07) is 19.5. The molecular weight excluding hydrogens is 558 g/mol. The van der Waals surface area contributed by atoms with Crippen molar-refractivity contribution in [1.29, 1.82) is 0 Å². The molecule has 2 amide bonds. The number of anilines is 1. The standard InChI is InChI=1S/C32H32F2N4O3S/c1-32(2,3)30-28-29(21-6-5-7-23(34)16-21)42-19-27(40)37(18-26(39)35-17-20-8-10-22(33)11-9-20)31(28)38(36-30)24-12-14-25(41-4)15-13-24/h5-16,29H,17-19H2,1-4H3,(H,35,39). The van der Waals surface area contributed by atoms with Gasteiger partial charge in [0.25, 0.3) is 0 Å². The molecule has 1 unspecified atom stereocenters. The Labute approximate surface area is 247 Å². The Balaban J connectivity index is 1.63. The summed E-state index contributed by atoms with van der Waals surface area (Å²) >= 11 is 1.39. The van der Waals surface area contributed by atoms with Crippen LogP contribution in [-0.4, -0.2) is 41.0 Å². The molecule has 0 saturated carbocycles. The zero-order chi connectivity index (χ0) is 30.0. The third-order valence-corrected chi connectivity index (χ3v) is 8.23. The van der Waals surface area contributed by atoms with Gasteiger partial charge in [-0.3, -0.25) is 14.5 Å². The van der Waals surface area contributed by atoms with Gasteiger partial charge in [-0.15, -0.1) is 11.8 Å². The van der Waals surface area contributed by atoms with Gasteiger partial charge in [0.2, 0.25) is 11.8 Å². The smallest absolute Gasteiger partial charge is 0.240 e. The van der Waals surface area contributed by atoms with E-state index in [1.54, 1.807) is 42.1 Å². The molecule has 218 valence electrons. The third kappa shape index (κ3) is 6.18. The lowest BCUT2D eigenvalue weighted by atomic mass is 9.87. The van der Waals surface area contributed by atoms with E-state index in [0.717, 1.165) is 16.8 Å².